The first-order valence-corrected chi connectivity index (χ1v) is 8.32. The molecule has 0 aliphatic rings. The Morgan fingerprint density at radius 3 is 2.67 bits per heavy atom. The zero-order chi connectivity index (χ0) is 16.8. The van der Waals surface area contributed by atoms with Gasteiger partial charge in [0.25, 0.3) is 0 Å². The van der Waals surface area contributed by atoms with Gasteiger partial charge in [0.05, 0.1) is 11.3 Å². The van der Waals surface area contributed by atoms with E-state index in [-0.39, 0.29) is 25.2 Å². The molecule has 0 radical (unpaired) electrons. The lowest BCUT2D eigenvalue weighted by molar-refractivity contribution is -0.145. The summed E-state index contributed by atoms with van der Waals surface area (Å²) in [4.78, 5) is 28.9. The van der Waals surface area contributed by atoms with Gasteiger partial charge in [-0.05, 0) is 11.4 Å². The molecule has 0 bridgehead atoms. The van der Waals surface area contributed by atoms with Crippen LogP contribution in [0.5, 0.6) is 0 Å². The molecule has 5 nitrogen and oxygen atoms in total. The number of nitrogens with zero attached hydrogens (tertiary/aromatic N) is 1. The molecule has 6 heteroatoms. The summed E-state index contributed by atoms with van der Waals surface area (Å²) in [7, 11) is 0. The maximum atomic E-state index is 11.9. The van der Waals surface area contributed by atoms with E-state index in [1.165, 1.54) is 17.6 Å². The standard InChI is InChI=1S/C18H15NO4S/c20-15(13-5-2-1-3-6-13)8-9-17(21)22-11-14-12-23-18(19-14)16-7-4-10-24-16/h1-7,10,12H,8-9,11H2. The van der Waals surface area contributed by atoms with E-state index in [4.69, 9.17) is 9.15 Å². The van der Waals surface area contributed by atoms with Crippen LogP contribution in [-0.2, 0) is 16.1 Å². The summed E-state index contributed by atoms with van der Waals surface area (Å²) in [5.41, 5.74) is 1.14. The minimum absolute atomic E-state index is 0.0350. The highest BCUT2D eigenvalue weighted by atomic mass is 32.1. The summed E-state index contributed by atoms with van der Waals surface area (Å²) in [6.07, 6.45) is 1.64. The molecule has 0 atom stereocenters. The Balaban J connectivity index is 1.45. The minimum Gasteiger partial charge on any atom is -0.459 e. The molecule has 0 unspecified atom stereocenters. The lowest BCUT2D eigenvalue weighted by Gasteiger charge is -2.02. The van der Waals surface area contributed by atoms with Crippen molar-refractivity contribution in [3.05, 3.63) is 65.4 Å². The number of aromatic nitrogens is 1. The third-order valence-corrected chi connectivity index (χ3v) is 4.17. The van der Waals surface area contributed by atoms with Crippen molar-refractivity contribution in [2.24, 2.45) is 0 Å². The molecule has 0 amide bonds. The Morgan fingerprint density at radius 2 is 1.92 bits per heavy atom. The first-order chi connectivity index (χ1) is 11.7. The Bertz CT molecular complexity index is 809. The molecule has 3 rings (SSSR count). The molecule has 2 heterocycles. The van der Waals surface area contributed by atoms with Gasteiger partial charge in [-0.2, -0.15) is 0 Å². The van der Waals surface area contributed by atoms with Gasteiger partial charge in [0, 0.05) is 12.0 Å². The second kappa shape index (κ2) is 7.70. The van der Waals surface area contributed by atoms with E-state index < -0.39 is 5.97 Å². The SMILES string of the molecule is O=C(CCC(=O)c1ccccc1)OCc1coc(-c2cccs2)n1. The molecule has 0 fully saturated rings. The molecule has 2 aromatic heterocycles. The smallest absolute Gasteiger partial charge is 0.306 e. The number of benzene rings is 1. The van der Waals surface area contributed by atoms with Crippen LogP contribution < -0.4 is 0 Å². The molecule has 0 spiro atoms. The van der Waals surface area contributed by atoms with E-state index in [0.29, 0.717) is 17.1 Å². The van der Waals surface area contributed by atoms with Gasteiger partial charge in [0.15, 0.2) is 5.78 Å². The molecular weight excluding hydrogens is 326 g/mol. The van der Waals surface area contributed by atoms with E-state index in [0.717, 1.165) is 4.88 Å². The van der Waals surface area contributed by atoms with Gasteiger partial charge in [-0.3, -0.25) is 9.59 Å². The summed E-state index contributed by atoms with van der Waals surface area (Å²) < 4.78 is 10.5. The molecule has 3 aromatic rings. The van der Waals surface area contributed by atoms with Crippen LogP contribution in [0.25, 0.3) is 10.8 Å². The molecule has 0 aliphatic heterocycles. The largest absolute Gasteiger partial charge is 0.459 e. The van der Waals surface area contributed by atoms with Crippen molar-refractivity contribution in [1.29, 1.82) is 0 Å². The monoisotopic (exact) mass is 341 g/mol. The fourth-order valence-electron chi connectivity index (χ4n) is 2.10. The van der Waals surface area contributed by atoms with Gasteiger partial charge in [-0.25, -0.2) is 4.98 Å². The summed E-state index contributed by atoms with van der Waals surface area (Å²) in [6.45, 7) is 0.0350. The van der Waals surface area contributed by atoms with E-state index in [1.807, 2.05) is 23.6 Å². The molecule has 0 saturated heterocycles. The molecule has 122 valence electrons. The van der Waals surface area contributed by atoms with Crippen molar-refractivity contribution in [1.82, 2.24) is 4.98 Å². The number of Topliss-reactive ketones (excluding diaryl/α,β-unsaturated/α-hetero) is 1. The first kappa shape index (κ1) is 16.1. The zero-order valence-electron chi connectivity index (χ0n) is 12.8. The number of hydrogen-bond acceptors (Lipinski definition) is 6. The highest BCUT2D eigenvalue weighted by Gasteiger charge is 2.12. The highest BCUT2D eigenvalue weighted by molar-refractivity contribution is 7.13. The minimum atomic E-state index is -0.431. The van der Waals surface area contributed by atoms with Gasteiger partial charge in [0.2, 0.25) is 5.89 Å². The molecular formula is C18H15NO4S. The number of hydrogen-bond donors (Lipinski definition) is 0. The summed E-state index contributed by atoms with van der Waals surface area (Å²) in [6, 6.07) is 12.7. The van der Waals surface area contributed by atoms with Crippen molar-refractivity contribution >= 4 is 23.1 Å². The van der Waals surface area contributed by atoms with Crippen molar-refractivity contribution in [2.75, 3.05) is 0 Å². The third-order valence-electron chi connectivity index (χ3n) is 3.32. The Hall–Kier alpha value is -2.73. The second-order valence-corrected chi connectivity index (χ2v) is 6.02. The molecule has 24 heavy (non-hydrogen) atoms. The molecule has 0 saturated carbocycles. The number of thiophene rings is 1. The number of carbonyl (C=O) groups is 2. The first-order valence-electron chi connectivity index (χ1n) is 7.44. The van der Waals surface area contributed by atoms with Gasteiger partial charge in [0.1, 0.15) is 18.6 Å². The number of ketones is 1. The number of rotatable bonds is 7. The Morgan fingerprint density at radius 1 is 1.08 bits per heavy atom. The Labute approximate surface area is 142 Å². The molecule has 0 N–H and O–H groups in total. The van der Waals surface area contributed by atoms with Crippen LogP contribution in [0.4, 0.5) is 0 Å². The molecule has 1 aromatic carbocycles. The fraction of sp³-hybridized carbons (Fsp3) is 0.167. The third kappa shape index (κ3) is 4.17. The predicted octanol–water partition coefficient (Wildman–Crippen LogP) is 4.11. The van der Waals surface area contributed by atoms with Gasteiger partial charge in [-0.1, -0.05) is 36.4 Å². The van der Waals surface area contributed by atoms with E-state index in [1.54, 1.807) is 24.3 Å². The number of oxazole rings is 1. The maximum absolute atomic E-state index is 11.9. The normalized spacial score (nSPS) is 10.5. The van der Waals surface area contributed by atoms with Gasteiger partial charge in [-0.15, -0.1) is 11.3 Å². The van der Waals surface area contributed by atoms with Crippen LogP contribution >= 0.6 is 11.3 Å². The zero-order valence-corrected chi connectivity index (χ0v) is 13.6. The summed E-state index contributed by atoms with van der Waals surface area (Å²) in [5, 5.41) is 1.93. The van der Waals surface area contributed by atoms with E-state index in [9.17, 15) is 9.59 Å². The lowest BCUT2D eigenvalue weighted by Crippen LogP contribution is -2.08. The number of carbonyl (C=O) groups excluding carboxylic acids is 2. The molecule has 0 aliphatic carbocycles. The predicted molar refractivity (Wildman–Crippen MR) is 89.6 cm³/mol. The van der Waals surface area contributed by atoms with Crippen LogP contribution in [0.15, 0.2) is 58.5 Å². The number of esters is 1. The van der Waals surface area contributed by atoms with Crippen LogP contribution in [0.2, 0.25) is 0 Å². The second-order valence-electron chi connectivity index (χ2n) is 5.07. The van der Waals surface area contributed by atoms with Crippen LogP contribution in [0.1, 0.15) is 28.9 Å². The number of ether oxygens (including phenoxy) is 1. The van der Waals surface area contributed by atoms with Gasteiger partial charge < -0.3 is 9.15 Å². The summed E-state index contributed by atoms with van der Waals surface area (Å²) in [5.74, 6) is 0.00391. The average Bonchev–Trinajstić information content (AvgIpc) is 3.29. The van der Waals surface area contributed by atoms with Crippen molar-refractivity contribution in [3.63, 3.8) is 0 Å². The quantitative estimate of drug-likeness (QED) is 0.478. The topological polar surface area (TPSA) is 69.4 Å². The van der Waals surface area contributed by atoms with Crippen molar-refractivity contribution < 1.29 is 18.7 Å². The van der Waals surface area contributed by atoms with E-state index >= 15 is 0 Å². The van der Waals surface area contributed by atoms with Crippen LogP contribution in [0.3, 0.4) is 0 Å². The van der Waals surface area contributed by atoms with Crippen LogP contribution in [-0.4, -0.2) is 16.7 Å². The average molecular weight is 341 g/mol. The van der Waals surface area contributed by atoms with Crippen molar-refractivity contribution in [3.8, 4) is 10.8 Å². The highest BCUT2D eigenvalue weighted by Crippen LogP contribution is 2.23. The fourth-order valence-corrected chi connectivity index (χ4v) is 2.75. The lowest BCUT2D eigenvalue weighted by atomic mass is 10.1. The van der Waals surface area contributed by atoms with Gasteiger partial charge >= 0.3 is 5.97 Å². The maximum Gasteiger partial charge on any atom is 0.306 e. The van der Waals surface area contributed by atoms with Crippen LogP contribution in [0, 0.1) is 0 Å². The van der Waals surface area contributed by atoms with E-state index in [2.05, 4.69) is 4.98 Å². The van der Waals surface area contributed by atoms with Crippen molar-refractivity contribution in [2.45, 2.75) is 19.4 Å². The Kier molecular flexibility index (Phi) is 5.18. The summed E-state index contributed by atoms with van der Waals surface area (Å²) >= 11 is 1.52.